The average molecular weight is 290 g/mol. The number of rotatable bonds is 7. The largest absolute Gasteiger partial charge is 0.383 e. The highest BCUT2D eigenvalue weighted by Crippen LogP contribution is 2.42. The van der Waals surface area contributed by atoms with Gasteiger partial charge in [-0.2, -0.15) is 17.4 Å². The molecule has 6 heteroatoms. The van der Waals surface area contributed by atoms with Crippen molar-refractivity contribution < 1.29 is 13.2 Å². The first kappa shape index (κ1) is 15.2. The van der Waals surface area contributed by atoms with Gasteiger partial charge in [0.1, 0.15) is 0 Å². The van der Waals surface area contributed by atoms with Crippen molar-refractivity contribution in [1.82, 2.24) is 9.03 Å². The first-order valence-corrected chi connectivity index (χ1v) is 8.62. The summed E-state index contributed by atoms with van der Waals surface area (Å²) in [7, 11) is -1.75. The van der Waals surface area contributed by atoms with E-state index in [0.717, 1.165) is 32.1 Å². The van der Waals surface area contributed by atoms with Crippen LogP contribution in [0.3, 0.4) is 0 Å². The van der Waals surface area contributed by atoms with Crippen LogP contribution in [0.25, 0.3) is 0 Å². The zero-order valence-corrected chi connectivity index (χ0v) is 13.0. The Morgan fingerprint density at radius 3 is 2.63 bits per heavy atom. The van der Waals surface area contributed by atoms with Crippen LogP contribution in [0.1, 0.15) is 46.0 Å². The van der Waals surface area contributed by atoms with Crippen LogP contribution in [0.2, 0.25) is 0 Å². The van der Waals surface area contributed by atoms with E-state index >= 15 is 0 Å². The van der Waals surface area contributed by atoms with Crippen LogP contribution in [0, 0.1) is 5.92 Å². The Balaban J connectivity index is 2.02. The van der Waals surface area contributed by atoms with Crippen molar-refractivity contribution in [3.05, 3.63) is 0 Å². The summed E-state index contributed by atoms with van der Waals surface area (Å²) in [6, 6.07) is -0.00245. The van der Waals surface area contributed by atoms with Crippen LogP contribution in [-0.2, 0) is 14.9 Å². The number of ether oxygens (including phenoxy) is 1. The number of nitrogens with zero attached hydrogens (tertiary/aromatic N) is 1. The highest BCUT2D eigenvalue weighted by atomic mass is 32.2. The van der Waals surface area contributed by atoms with Crippen molar-refractivity contribution in [2.45, 2.75) is 57.5 Å². The van der Waals surface area contributed by atoms with Gasteiger partial charge in [-0.05, 0) is 38.0 Å². The SMILES string of the molecule is COCC1CCCN1S(=O)(=O)NC1(CC(C)C)CC1. The summed E-state index contributed by atoms with van der Waals surface area (Å²) in [6.07, 6.45) is 4.67. The van der Waals surface area contributed by atoms with Crippen LogP contribution in [0.4, 0.5) is 0 Å². The van der Waals surface area contributed by atoms with E-state index in [1.165, 1.54) is 0 Å². The van der Waals surface area contributed by atoms with Gasteiger partial charge in [0.15, 0.2) is 0 Å². The molecule has 1 aliphatic carbocycles. The molecule has 0 bridgehead atoms. The van der Waals surface area contributed by atoms with Gasteiger partial charge in [-0.15, -0.1) is 0 Å². The molecule has 19 heavy (non-hydrogen) atoms. The molecule has 0 radical (unpaired) electrons. The second-order valence-electron chi connectivity index (χ2n) is 6.35. The second kappa shape index (κ2) is 5.68. The fraction of sp³-hybridized carbons (Fsp3) is 1.00. The van der Waals surface area contributed by atoms with Crippen molar-refractivity contribution in [2.75, 3.05) is 20.3 Å². The van der Waals surface area contributed by atoms with Gasteiger partial charge >= 0.3 is 0 Å². The molecule has 0 amide bonds. The summed E-state index contributed by atoms with van der Waals surface area (Å²) < 4.78 is 34.7. The molecule has 1 aliphatic heterocycles. The summed E-state index contributed by atoms with van der Waals surface area (Å²) in [5, 5.41) is 0. The Labute approximate surface area is 116 Å². The van der Waals surface area contributed by atoms with Gasteiger partial charge in [0.05, 0.1) is 6.61 Å². The molecule has 0 spiro atoms. The van der Waals surface area contributed by atoms with E-state index in [1.54, 1.807) is 11.4 Å². The molecule has 0 aromatic carbocycles. The molecule has 0 aromatic rings. The molecule has 2 rings (SSSR count). The third kappa shape index (κ3) is 3.68. The Bertz CT molecular complexity index is 404. The molecule has 1 N–H and O–H groups in total. The van der Waals surface area contributed by atoms with Crippen LogP contribution < -0.4 is 4.72 Å². The van der Waals surface area contributed by atoms with Gasteiger partial charge in [0.2, 0.25) is 0 Å². The first-order valence-electron chi connectivity index (χ1n) is 7.18. The Morgan fingerprint density at radius 1 is 1.42 bits per heavy atom. The van der Waals surface area contributed by atoms with Gasteiger partial charge < -0.3 is 4.74 Å². The zero-order valence-electron chi connectivity index (χ0n) is 12.2. The predicted molar refractivity (Wildman–Crippen MR) is 75.1 cm³/mol. The summed E-state index contributed by atoms with van der Waals surface area (Å²) in [5.74, 6) is 0.513. The van der Waals surface area contributed by atoms with Crippen LogP contribution >= 0.6 is 0 Å². The number of hydrogen-bond donors (Lipinski definition) is 1. The smallest absolute Gasteiger partial charge is 0.280 e. The fourth-order valence-corrected chi connectivity index (χ4v) is 4.98. The second-order valence-corrected chi connectivity index (χ2v) is 7.97. The Kier molecular flexibility index (Phi) is 4.55. The van der Waals surface area contributed by atoms with Gasteiger partial charge in [-0.3, -0.25) is 0 Å². The zero-order chi connectivity index (χ0) is 14.1. The lowest BCUT2D eigenvalue weighted by Crippen LogP contribution is -2.49. The van der Waals surface area contributed by atoms with Crippen LogP contribution in [-0.4, -0.2) is 44.6 Å². The van der Waals surface area contributed by atoms with Crippen molar-refractivity contribution in [2.24, 2.45) is 5.92 Å². The van der Waals surface area contributed by atoms with E-state index in [0.29, 0.717) is 19.1 Å². The monoisotopic (exact) mass is 290 g/mol. The van der Waals surface area contributed by atoms with Crippen molar-refractivity contribution in [3.63, 3.8) is 0 Å². The van der Waals surface area contributed by atoms with Gasteiger partial charge in [0.25, 0.3) is 10.2 Å². The van der Waals surface area contributed by atoms with E-state index in [1.807, 2.05) is 0 Å². The maximum absolute atomic E-state index is 12.5. The Morgan fingerprint density at radius 2 is 2.11 bits per heavy atom. The number of hydrogen-bond acceptors (Lipinski definition) is 3. The average Bonchev–Trinajstić information content (AvgIpc) is 2.85. The molecule has 5 nitrogen and oxygen atoms in total. The lowest BCUT2D eigenvalue weighted by Gasteiger charge is -2.27. The lowest BCUT2D eigenvalue weighted by atomic mass is 10.0. The maximum Gasteiger partial charge on any atom is 0.280 e. The molecule has 2 aliphatic rings. The summed E-state index contributed by atoms with van der Waals surface area (Å²) >= 11 is 0. The van der Waals surface area contributed by atoms with Crippen molar-refractivity contribution >= 4 is 10.2 Å². The molecule has 1 atom stereocenters. The molecule has 1 saturated carbocycles. The summed E-state index contributed by atoms with van der Waals surface area (Å²) in [5.41, 5.74) is -0.173. The summed E-state index contributed by atoms with van der Waals surface area (Å²) in [6.45, 7) is 5.37. The van der Waals surface area contributed by atoms with Gasteiger partial charge in [-0.1, -0.05) is 13.8 Å². The number of nitrogens with one attached hydrogen (secondary N) is 1. The molecule has 112 valence electrons. The fourth-order valence-electron chi connectivity index (χ4n) is 3.10. The summed E-state index contributed by atoms with van der Waals surface area (Å²) in [4.78, 5) is 0. The molecule has 1 unspecified atom stereocenters. The molecule has 0 aromatic heterocycles. The molecule has 1 saturated heterocycles. The van der Waals surface area contributed by atoms with Crippen molar-refractivity contribution in [3.8, 4) is 0 Å². The van der Waals surface area contributed by atoms with E-state index in [9.17, 15) is 8.42 Å². The van der Waals surface area contributed by atoms with Gasteiger partial charge in [0, 0.05) is 25.2 Å². The molecule has 1 heterocycles. The third-order valence-corrected chi connectivity index (χ3v) is 5.78. The first-order chi connectivity index (χ1) is 8.88. The minimum atomic E-state index is -3.37. The highest BCUT2D eigenvalue weighted by Gasteiger charge is 2.48. The van der Waals surface area contributed by atoms with Crippen molar-refractivity contribution in [1.29, 1.82) is 0 Å². The highest BCUT2D eigenvalue weighted by molar-refractivity contribution is 7.87. The minimum Gasteiger partial charge on any atom is -0.383 e. The maximum atomic E-state index is 12.5. The number of methoxy groups -OCH3 is 1. The standard InChI is InChI=1S/C13H26N2O3S/c1-11(2)9-13(6-7-13)14-19(16,17)15-8-4-5-12(15)10-18-3/h11-12,14H,4-10H2,1-3H3. The molecule has 2 fully saturated rings. The Hall–Kier alpha value is -0.170. The van der Waals surface area contributed by atoms with Crippen LogP contribution in [0.5, 0.6) is 0 Å². The normalized spacial score (nSPS) is 27.1. The lowest BCUT2D eigenvalue weighted by molar-refractivity contribution is 0.148. The minimum absolute atomic E-state index is 0.00245. The quantitative estimate of drug-likeness (QED) is 0.773. The van der Waals surface area contributed by atoms with E-state index in [4.69, 9.17) is 4.74 Å². The molecular weight excluding hydrogens is 264 g/mol. The van der Waals surface area contributed by atoms with Gasteiger partial charge in [-0.25, -0.2) is 0 Å². The predicted octanol–water partition coefficient (Wildman–Crippen LogP) is 1.51. The third-order valence-electron chi connectivity index (χ3n) is 3.99. The topological polar surface area (TPSA) is 58.6 Å². The van der Waals surface area contributed by atoms with Crippen LogP contribution in [0.15, 0.2) is 0 Å². The van der Waals surface area contributed by atoms with E-state index in [-0.39, 0.29) is 11.6 Å². The van der Waals surface area contributed by atoms with E-state index in [2.05, 4.69) is 18.6 Å². The molecular formula is C13H26N2O3S. The van der Waals surface area contributed by atoms with E-state index < -0.39 is 10.2 Å².